The van der Waals surface area contributed by atoms with Gasteiger partial charge in [0, 0.05) is 56.5 Å². The molecule has 2 aromatic heterocycles. The van der Waals surface area contributed by atoms with Crippen LogP contribution in [0.5, 0.6) is 5.75 Å². The molecule has 0 bridgehead atoms. The third-order valence-electron chi connectivity index (χ3n) is 7.22. The normalized spacial score (nSPS) is 15.7. The zero-order chi connectivity index (χ0) is 30.0. The molecule has 0 aliphatic carbocycles. The van der Waals surface area contributed by atoms with Crippen LogP contribution in [0.4, 0.5) is 17.6 Å². The van der Waals surface area contributed by atoms with E-state index in [1.165, 1.54) is 30.5 Å². The van der Waals surface area contributed by atoms with Gasteiger partial charge in [0.05, 0.1) is 11.3 Å². The van der Waals surface area contributed by atoms with Gasteiger partial charge in [-0.3, -0.25) is 9.80 Å². The first-order valence-electron chi connectivity index (χ1n) is 13.7. The Balaban J connectivity index is 0.950. The molecule has 6 rings (SSSR count). The van der Waals surface area contributed by atoms with Gasteiger partial charge in [-0.15, -0.1) is 0 Å². The molecule has 5 aromatic rings. The molecular weight excluding hydrogens is 568 g/mol. The largest absolute Gasteiger partial charge is 0.491 e. The second kappa shape index (κ2) is 12.2. The number of benzene rings is 3. The van der Waals surface area contributed by atoms with Gasteiger partial charge in [-0.2, -0.15) is 13.2 Å². The van der Waals surface area contributed by atoms with Crippen LogP contribution < -0.4 is 4.74 Å². The van der Waals surface area contributed by atoms with Crippen LogP contribution in [0.15, 0.2) is 81.8 Å². The molecule has 0 amide bonds. The van der Waals surface area contributed by atoms with E-state index in [9.17, 15) is 22.7 Å². The van der Waals surface area contributed by atoms with Crippen molar-refractivity contribution in [2.75, 3.05) is 39.3 Å². The van der Waals surface area contributed by atoms with Crippen molar-refractivity contribution in [3.05, 3.63) is 90.1 Å². The summed E-state index contributed by atoms with van der Waals surface area (Å²) in [5.74, 6) is 0.882. The molecule has 8 nitrogen and oxygen atoms in total. The van der Waals surface area contributed by atoms with Gasteiger partial charge >= 0.3 is 6.18 Å². The van der Waals surface area contributed by atoms with E-state index in [4.69, 9.17) is 13.6 Å². The first-order valence-corrected chi connectivity index (χ1v) is 13.7. The van der Waals surface area contributed by atoms with Crippen LogP contribution in [0, 0.1) is 5.82 Å². The Morgan fingerprint density at radius 3 is 2.26 bits per heavy atom. The molecule has 1 fully saturated rings. The number of aromatic nitrogens is 2. The lowest BCUT2D eigenvalue weighted by molar-refractivity contribution is -0.137. The summed E-state index contributed by atoms with van der Waals surface area (Å²) in [6.07, 6.45) is -3.56. The van der Waals surface area contributed by atoms with Crippen molar-refractivity contribution in [2.45, 2.75) is 18.8 Å². The highest BCUT2D eigenvalue weighted by atomic mass is 19.4. The number of nitrogens with zero attached hydrogens (tertiary/aromatic N) is 4. The van der Waals surface area contributed by atoms with E-state index in [1.54, 1.807) is 30.3 Å². The average molecular weight is 597 g/mol. The number of alkyl halides is 3. The average Bonchev–Trinajstić information content (AvgIpc) is 3.64. The predicted octanol–water partition coefficient (Wildman–Crippen LogP) is 5.87. The van der Waals surface area contributed by atoms with Gasteiger partial charge < -0.3 is 18.7 Å². The quantitative estimate of drug-likeness (QED) is 0.212. The molecule has 224 valence electrons. The molecule has 1 atom stereocenters. The molecule has 3 aromatic carbocycles. The van der Waals surface area contributed by atoms with E-state index in [-0.39, 0.29) is 18.3 Å². The number of piperazine rings is 1. The van der Waals surface area contributed by atoms with E-state index in [0.29, 0.717) is 52.7 Å². The third kappa shape index (κ3) is 7.04. The Morgan fingerprint density at radius 1 is 0.860 bits per heavy atom. The van der Waals surface area contributed by atoms with Crippen molar-refractivity contribution in [1.29, 1.82) is 0 Å². The summed E-state index contributed by atoms with van der Waals surface area (Å²) in [4.78, 5) is 13.3. The molecule has 1 saturated heterocycles. The molecule has 43 heavy (non-hydrogen) atoms. The Bertz CT molecular complexity index is 1660. The smallest absolute Gasteiger partial charge is 0.416 e. The van der Waals surface area contributed by atoms with Crippen molar-refractivity contribution in [2.24, 2.45) is 0 Å². The number of aliphatic hydroxyl groups excluding tert-OH is 1. The molecule has 1 aliphatic heterocycles. The summed E-state index contributed by atoms with van der Waals surface area (Å²) >= 11 is 0. The van der Waals surface area contributed by atoms with Crippen LogP contribution in [0.2, 0.25) is 0 Å². The maximum atomic E-state index is 13.2. The highest BCUT2D eigenvalue weighted by Gasteiger charge is 2.30. The fourth-order valence-corrected chi connectivity index (χ4v) is 4.93. The number of β-amino-alcohol motifs (C(OH)–C–C–N with tert-alkyl or cyclic N) is 1. The Morgan fingerprint density at radius 2 is 1.53 bits per heavy atom. The fourth-order valence-electron chi connectivity index (χ4n) is 4.93. The molecule has 1 unspecified atom stereocenters. The minimum Gasteiger partial charge on any atom is -0.491 e. The maximum absolute atomic E-state index is 13.2. The van der Waals surface area contributed by atoms with Gasteiger partial charge in [0.2, 0.25) is 11.8 Å². The van der Waals surface area contributed by atoms with E-state index in [1.807, 2.05) is 0 Å². The van der Waals surface area contributed by atoms with Gasteiger partial charge in [-0.05, 0) is 60.7 Å². The maximum Gasteiger partial charge on any atom is 0.416 e. The summed E-state index contributed by atoms with van der Waals surface area (Å²) in [7, 11) is 0. The highest BCUT2D eigenvalue weighted by molar-refractivity contribution is 5.77. The topological polar surface area (TPSA) is 88.0 Å². The van der Waals surface area contributed by atoms with E-state index in [2.05, 4.69) is 19.8 Å². The Labute approximate surface area is 244 Å². The lowest BCUT2D eigenvalue weighted by atomic mass is 10.1. The van der Waals surface area contributed by atoms with E-state index in [0.717, 1.165) is 38.3 Å². The number of fused-ring (bicyclic) bond motifs is 1. The summed E-state index contributed by atoms with van der Waals surface area (Å²) < 4.78 is 68.7. The Hall–Kier alpha value is -4.26. The minimum atomic E-state index is -4.39. The van der Waals surface area contributed by atoms with Crippen LogP contribution in [0.3, 0.4) is 0 Å². The lowest BCUT2D eigenvalue weighted by Crippen LogP contribution is -2.48. The predicted molar refractivity (Wildman–Crippen MR) is 150 cm³/mol. The second-order valence-corrected chi connectivity index (χ2v) is 10.4. The van der Waals surface area contributed by atoms with Crippen molar-refractivity contribution in [3.8, 4) is 28.7 Å². The SMILES string of the molecule is OC(COc1ccc2oc(-c3ccc(F)cc3)nc2c1)CN1CCN(Cc2coc(-c3ccc(C(F)(F)F)cc3)n2)CC1. The number of ether oxygens (including phenoxy) is 1. The number of hydrogen-bond donors (Lipinski definition) is 1. The number of rotatable bonds is 9. The summed E-state index contributed by atoms with van der Waals surface area (Å²) in [5, 5.41) is 10.6. The third-order valence-corrected chi connectivity index (χ3v) is 7.22. The van der Waals surface area contributed by atoms with Gasteiger partial charge in [-0.25, -0.2) is 14.4 Å². The molecule has 1 N–H and O–H groups in total. The van der Waals surface area contributed by atoms with Crippen LogP contribution >= 0.6 is 0 Å². The Kier molecular flexibility index (Phi) is 8.15. The fraction of sp³-hybridized carbons (Fsp3) is 0.290. The van der Waals surface area contributed by atoms with E-state index < -0.39 is 17.8 Å². The first-order chi connectivity index (χ1) is 20.7. The molecule has 1 aliphatic rings. The van der Waals surface area contributed by atoms with Crippen molar-refractivity contribution < 1.29 is 36.2 Å². The van der Waals surface area contributed by atoms with Crippen molar-refractivity contribution in [1.82, 2.24) is 19.8 Å². The highest BCUT2D eigenvalue weighted by Crippen LogP contribution is 2.31. The second-order valence-electron chi connectivity index (χ2n) is 10.4. The van der Waals surface area contributed by atoms with Crippen molar-refractivity contribution >= 4 is 11.1 Å². The number of aliphatic hydroxyl groups is 1. The number of halogens is 4. The van der Waals surface area contributed by atoms with Gasteiger partial charge in [0.15, 0.2) is 5.58 Å². The van der Waals surface area contributed by atoms with E-state index >= 15 is 0 Å². The lowest BCUT2D eigenvalue weighted by Gasteiger charge is -2.35. The molecular formula is C31H28F4N4O4. The van der Waals surface area contributed by atoms with Crippen LogP contribution in [0.25, 0.3) is 34.0 Å². The molecule has 3 heterocycles. The van der Waals surface area contributed by atoms with Gasteiger partial charge in [-0.1, -0.05) is 0 Å². The first kappa shape index (κ1) is 28.8. The summed E-state index contributed by atoms with van der Waals surface area (Å²) in [6, 6.07) is 15.9. The van der Waals surface area contributed by atoms with Crippen LogP contribution in [-0.4, -0.2) is 70.3 Å². The van der Waals surface area contributed by atoms with Gasteiger partial charge in [0.25, 0.3) is 0 Å². The van der Waals surface area contributed by atoms with Crippen molar-refractivity contribution in [3.63, 3.8) is 0 Å². The molecule has 12 heteroatoms. The molecule has 0 radical (unpaired) electrons. The zero-order valence-corrected chi connectivity index (χ0v) is 22.9. The van der Waals surface area contributed by atoms with Crippen LogP contribution in [-0.2, 0) is 12.7 Å². The monoisotopic (exact) mass is 596 g/mol. The summed E-state index contributed by atoms with van der Waals surface area (Å²) in [5.41, 5.74) is 2.30. The number of oxazole rings is 2. The summed E-state index contributed by atoms with van der Waals surface area (Å²) in [6.45, 7) is 4.13. The molecule has 0 spiro atoms. The zero-order valence-electron chi connectivity index (χ0n) is 22.9. The molecule has 0 saturated carbocycles. The number of hydrogen-bond acceptors (Lipinski definition) is 8. The van der Waals surface area contributed by atoms with Gasteiger partial charge in [0.1, 0.15) is 36.1 Å². The standard InChI is InChI=1S/C31H28F4N4O4/c32-23-7-3-21(4-8-23)30-37-27-15-26(9-10-28(27)43-30)41-19-25(40)17-39-13-11-38(12-14-39)16-24-18-42-29(36-24)20-1-5-22(6-2-20)31(33,34)35/h1-10,15,18,25,40H,11-14,16-17,19H2. The van der Waals surface area contributed by atoms with Crippen LogP contribution in [0.1, 0.15) is 11.3 Å². The minimum absolute atomic E-state index is 0.111.